The van der Waals surface area contributed by atoms with Gasteiger partial charge >= 0.3 is 5.97 Å². The number of hydrogen-bond acceptors (Lipinski definition) is 3. The van der Waals surface area contributed by atoms with E-state index in [1.165, 1.54) is 7.11 Å². The maximum absolute atomic E-state index is 12.5. The zero-order valence-corrected chi connectivity index (χ0v) is 12.6. The lowest BCUT2D eigenvalue weighted by atomic mass is 9.84. The lowest BCUT2D eigenvalue weighted by Crippen LogP contribution is -2.45. The van der Waals surface area contributed by atoms with Crippen molar-refractivity contribution in [2.24, 2.45) is 5.92 Å². The van der Waals surface area contributed by atoms with Gasteiger partial charge in [0.05, 0.1) is 13.0 Å². The summed E-state index contributed by atoms with van der Waals surface area (Å²) in [5.41, 5.74) is 1.61. The van der Waals surface area contributed by atoms with Crippen molar-refractivity contribution in [2.75, 3.05) is 7.11 Å². The first kappa shape index (κ1) is 14.6. The fraction of sp³-hybridized carbons (Fsp3) is 0.412. The van der Waals surface area contributed by atoms with E-state index in [2.05, 4.69) is 10.3 Å². The normalized spacial score (nSPS) is 21.5. The molecule has 1 fully saturated rings. The average Bonchev–Trinajstić information content (AvgIpc) is 3.02. The van der Waals surface area contributed by atoms with Gasteiger partial charge in [0.15, 0.2) is 0 Å². The highest BCUT2D eigenvalue weighted by Gasteiger charge is 2.32. The Morgan fingerprint density at radius 3 is 2.86 bits per heavy atom. The SMILES string of the molecule is COC(=O)C1CCCCC1NC(=O)c1ccc2[nH]ccc2c1. The van der Waals surface area contributed by atoms with E-state index in [0.29, 0.717) is 5.56 Å². The molecule has 1 aromatic carbocycles. The molecule has 2 aromatic rings. The second kappa shape index (κ2) is 6.22. The van der Waals surface area contributed by atoms with Crippen LogP contribution in [-0.4, -0.2) is 30.0 Å². The molecular weight excluding hydrogens is 280 g/mol. The predicted octanol–water partition coefficient (Wildman–Crippen LogP) is 2.63. The minimum Gasteiger partial charge on any atom is -0.469 e. The van der Waals surface area contributed by atoms with Crippen molar-refractivity contribution in [2.45, 2.75) is 31.7 Å². The molecule has 1 amide bonds. The van der Waals surface area contributed by atoms with Crippen molar-refractivity contribution in [1.82, 2.24) is 10.3 Å². The van der Waals surface area contributed by atoms with E-state index in [9.17, 15) is 9.59 Å². The summed E-state index contributed by atoms with van der Waals surface area (Å²) in [7, 11) is 1.40. The second-order valence-electron chi connectivity index (χ2n) is 5.77. The second-order valence-corrected chi connectivity index (χ2v) is 5.77. The Labute approximate surface area is 129 Å². The monoisotopic (exact) mass is 300 g/mol. The fourth-order valence-electron chi connectivity index (χ4n) is 3.18. The molecule has 0 bridgehead atoms. The van der Waals surface area contributed by atoms with Gasteiger partial charge in [0.1, 0.15) is 0 Å². The van der Waals surface area contributed by atoms with E-state index in [-0.39, 0.29) is 23.8 Å². The number of rotatable bonds is 3. The smallest absolute Gasteiger partial charge is 0.310 e. The number of methoxy groups -OCH3 is 1. The molecule has 1 aliphatic carbocycles. The molecule has 0 radical (unpaired) electrons. The van der Waals surface area contributed by atoms with E-state index in [1.54, 1.807) is 6.07 Å². The number of hydrogen-bond donors (Lipinski definition) is 2. The van der Waals surface area contributed by atoms with Crippen LogP contribution in [0.5, 0.6) is 0 Å². The van der Waals surface area contributed by atoms with E-state index < -0.39 is 0 Å². The van der Waals surface area contributed by atoms with Crippen LogP contribution in [0.2, 0.25) is 0 Å². The standard InChI is InChI=1S/C17H20N2O3/c1-22-17(21)13-4-2-3-5-15(13)19-16(20)12-6-7-14-11(10-12)8-9-18-14/h6-10,13,15,18H,2-5H2,1H3,(H,19,20). The molecule has 116 valence electrons. The molecule has 1 saturated carbocycles. The number of benzene rings is 1. The van der Waals surface area contributed by atoms with Gasteiger partial charge in [0.2, 0.25) is 0 Å². The molecule has 2 unspecified atom stereocenters. The van der Waals surface area contributed by atoms with Gasteiger partial charge in [-0.25, -0.2) is 0 Å². The first-order valence-corrected chi connectivity index (χ1v) is 7.65. The highest BCUT2D eigenvalue weighted by atomic mass is 16.5. The van der Waals surface area contributed by atoms with Crippen molar-refractivity contribution in [1.29, 1.82) is 0 Å². The summed E-state index contributed by atoms with van der Waals surface area (Å²) in [6.45, 7) is 0. The summed E-state index contributed by atoms with van der Waals surface area (Å²) in [5, 5.41) is 4.01. The molecule has 5 nitrogen and oxygen atoms in total. The third kappa shape index (κ3) is 2.84. The Balaban J connectivity index is 1.75. The molecule has 2 N–H and O–H groups in total. The van der Waals surface area contributed by atoms with Gasteiger partial charge in [-0.1, -0.05) is 12.8 Å². The van der Waals surface area contributed by atoms with Gasteiger partial charge in [-0.3, -0.25) is 9.59 Å². The maximum Gasteiger partial charge on any atom is 0.310 e. The van der Waals surface area contributed by atoms with Crippen molar-refractivity contribution in [3.63, 3.8) is 0 Å². The van der Waals surface area contributed by atoms with Crippen LogP contribution in [0, 0.1) is 5.92 Å². The Bertz CT molecular complexity index is 692. The lowest BCUT2D eigenvalue weighted by Gasteiger charge is -2.30. The number of H-pyrrole nitrogens is 1. The summed E-state index contributed by atoms with van der Waals surface area (Å²) >= 11 is 0. The van der Waals surface area contributed by atoms with Gasteiger partial charge < -0.3 is 15.0 Å². The van der Waals surface area contributed by atoms with Gasteiger partial charge in [-0.15, -0.1) is 0 Å². The van der Waals surface area contributed by atoms with Crippen LogP contribution in [0.25, 0.3) is 10.9 Å². The van der Waals surface area contributed by atoms with E-state index in [4.69, 9.17) is 4.74 Å². The number of fused-ring (bicyclic) bond motifs is 1. The lowest BCUT2D eigenvalue weighted by molar-refractivity contribution is -0.147. The summed E-state index contributed by atoms with van der Waals surface area (Å²) in [6, 6.07) is 7.34. The number of carbonyl (C=O) groups is 2. The predicted molar refractivity (Wildman–Crippen MR) is 83.5 cm³/mol. The first-order valence-electron chi connectivity index (χ1n) is 7.65. The molecule has 0 saturated heterocycles. The molecule has 2 atom stereocenters. The summed E-state index contributed by atoms with van der Waals surface area (Å²) in [5.74, 6) is -0.603. The van der Waals surface area contributed by atoms with Gasteiger partial charge in [0, 0.05) is 28.7 Å². The summed E-state index contributed by atoms with van der Waals surface area (Å²) in [6.07, 6.45) is 5.46. The molecule has 22 heavy (non-hydrogen) atoms. The van der Waals surface area contributed by atoms with Gasteiger partial charge in [0.25, 0.3) is 5.91 Å². The zero-order chi connectivity index (χ0) is 15.5. The van der Waals surface area contributed by atoms with Crippen LogP contribution in [-0.2, 0) is 9.53 Å². The molecule has 1 aliphatic rings. The Kier molecular flexibility index (Phi) is 4.13. The molecule has 1 aromatic heterocycles. The maximum atomic E-state index is 12.5. The summed E-state index contributed by atoms with van der Waals surface area (Å²) < 4.78 is 4.86. The number of esters is 1. The number of aromatic amines is 1. The van der Waals surface area contributed by atoms with Crippen LogP contribution < -0.4 is 5.32 Å². The molecule has 0 aliphatic heterocycles. The third-order valence-corrected chi connectivity index (χ3v) is 4.40. The first-order chi connectivity index (χ1) is 10.7. The minimum absolute atomic E-state index is 0.135. The molecule has 0 spiro atoms. The highest BCUT2D eigenvalue weighted by Crippen LogP contribution is 2.26. The Morgan fingerprint density at radius 1 is 1.23 bits per heavy atom. The van der Waals surface area contributed by atoms with E-state index in [0.717, 1.165) is 36.6 Å². The molecule has 3 rings (SSSR count). The Hall–Kier alpha value is -2.30. The quantitative estimate of drug-likeness (QED) is 0.856. The number of amides is 1. The molecular formula is C17H20N2O3. The van der Waals surface area contributed by atoms with Crippen LogP contribution in [0.4, 0.5) is 0 Å². The summed E-state index contributed by atoms with van der Waals surface area (Å²) in [4.78, 5) is 27.4. The largest absolute Gasteiger partial charge is 0.469 e. The van der Waals surface area contributed by atoms with Crippen molar-refractivity contribution in [3.05, 3.63) is 36.0 Å². The number of carbonyl (C=O) groups excluding carboxylic acids is 2. The molecule has 1 heterocycles. The number of ether oxygens (including phenoxy) is 1. The van der Waals surface area contributed by atoms with Crippen LogP contribution >= 0.6 is 0 Å². The minimum atomic E-state index is -0.237. The number of aromatic nitrogens is 1. The van der Waals surface area contributed by atoms with Crippen molar-refractivity contribution in [3.8, 4) is 0 Å². The van der Waals surface area contributed by atoms with Gasteiger partial charge in [-0.05, 0) is 37.1 Å². The van der Waals surface area contributed by atoms with Crippen LogP contribution in [0.15, 0.2) is 30.5 Å². The zero-order valence-electron chi connectivity index (χ0n) is 12.6. The third-order valence-electron chi connectivity index (χ3n) is 4.40. The van der Waals surface area contributed by atoms with Crippen molar-refractivity contribution < 1.29 is 14.3 Å². The number of nitrogens with one attached hydrogen (secondary N) is 2. The van der Waals surface area contributed by atoms with Gasteiger partial charge in [-0.2, -0.15) is 0 Å². The van der Waals surface area contributed by atoms with Crippen molar-refractivity contribution >= 4 is 22.8 Å². The topological polar surface area (TPSA) is 71.2 Å². The highest BCUT2D eigenvalue weighted by molar-refractivity contribution is 5.98. The molecule has 5 heteroatoms. The fourth-order valence-corrected chi connectivity index (χ4v) is 3.18. The Morgan fingerprint density at radius 2 is 2.05 bits per heavy atom. The van der Waals surface area contributed by atoms with E-state index in [1.807, 2.05) is 24.4 Å². The van der Waals surface area contributed by atoms with Crippen LogP contribution in [0.3, 0.4) is 0 Å². The van der Waals surface area contributed by atoms with Crippen LogP contribution in [0.1, 0.15) is 36.0 Å². The average molecular weight is 300 g/mol. The van der Waals surface area contributed by atoms with E-state index >= 15 is 0 Å².